The van der Waals surface area contributed by atoms with Crippen LogP contribution >= 0.6 is 0 Å². The predicted molar refractivity (Wildman–Crippen MR) is 141 cm³/mol. The van der Waals surface area contributed by atoms with Gasteiger partial charge in [0.15, 0.2) is 0 Å². The van der Waals surface area contributed by atoms with Crippen LogP contribution in [0, 0.1) is 0 Å². The summed E-state index contributed by atoms with van der Waals surface area (Å²) in [6.45, 7) is 0. The molecule has 1 aliphatic heterocycles. The summed E-state index contributed by atoms with van der Waals surface area (Å²) in [7, 11) is 5.06. The number of methoxy groups -OCH3 is 2. The number of benzene rings is 2. The number of rotatable bonds is 7. The highest BCUT2D eigenvalue weighted by Gasteiger charge is 2.15. The highest BCUT2D eigenvalue weighted by atomic mass is 16.5. The zero-order chi connectivity index (χ0) is 25.9. The maximum absolute atomic E-state index is 11.8. The zero-order valence-electron chi connectivity index (χ0n) is 20.5. The molecule has 2 aromatic heterocycles. The Morgan fingerprint density at radius 2 is 1.84 bits per heavy atom. The van der Waals surface area contributed by atoms with Crippen molar-refractivity contribution >= 4 is 28.3 Å². The van der Waals surface area contributed by atoms with Crippen LogP contribution in [0.4, 0.5) is 11.4 Å². The van der Waals surface area contributed by atoms with Crippen LogP contribution < -0.4 is 25.4 Å². The van der Waals surface area contributed by atoms with Crippen molar-refractivity contribution in [3.63, 3.8) is 0 Å². The molecule has 0 radical (unpaired) electrons. The molecule has 1 amide bonds. The Bertz CT molecular complexity index is 1560. The number of primary amides is 1. The fourth-order valence-electron chi connectivity index (χ4n) is 3.92. The van der Waals surface area contributed by atoms with Crippen molar-refractivity contribution in [2.75, 3.05) is 19.1 Å². The summed E-state index contributed by atoms with van der Waals surface area (Å²) >= 11 is 0. The first kappa shape index (κ1) is 23.6. The van der Waals surface area contributed by atoms with Crippen molar-refractivity contribution in [2.45, 2.75) is 0 Å². The van der Waals surface area contributed by atoms with E-state index in [-0.39, 0.29) is 0 Å². The molecule has 1 aliphatic rings. The number of ether oxygens (including phenoxy) is 2. The van der Waals surface area contributed by atoms with Gasteiger partial charge in [0.25, 0.3) is 0 Å². The van der Waals surface area contributed by atoms with Gasteiger partial charge in [0.2, 0.25) is 5.91 Å². The summed E-state index contributed by atoms with van der Waals surface area (Å²) in [6.07, 6.45) is 12.2. The molecule has 5 rings (SSSR count). The number of carbonyl (C=O) groups is 1. The van der Waals surface area contributed by atoms with E-state index in [4.69, 9.17) is 20.2 Å². The number of amides is 1. The van der Waals surface area contributed by atoms with Crippen molar-refractivity contribution in [1.82, 2.24) is 25.1 Å². The van der Waals surface area contributed by atoms with Crippen molar-refractivity contribution in [2.24, 2.45) is 12.8 Å². The quantitative estimate of drug-likeness (QED) is 0.399. The number of fused-ring (bicyclic) bond motifs is 1. The smallest absolute Gasteiger partial charge is 0.248 e. The second-order valence-corrected chi connectivity index (χ2v) is 8.30. The van der Waals surface area contributed by atoms with E-state index in [0.29, 0.717) is 28.3 Å². The lowest BCUT2D eigenvalue weighted by Gasteiger charge is -2.24. The van der Waals surface area contributed by atoms with E-state index in [1.807, 2.05) is 54.7 Å². The Labute approximate surface area is 213 Å². The van der Waals surface area contributed by atoms with Crippen molar-refractivity contribution in [3.05, 3.63) is 90.8 Å². The minimum Gasteiger partial charge on any atom is -0.497 e. The normalized spacial score (nSPS) is 13.8. The molecule has 0 atom stereocenters. The van der Waals surface area contributed by atoms with E-state index in [1.54, 1.807) is 55.7 Å². The van der Waals surface area contributed by atoms with Gasteiger partial charge in [0.05, 0.1) is 54.7 Å². The van der Waals surface area contributed by atoms with E-state index in [1.165, 1.54) is 0 Å². The SMILES string of the molecule is COc1cc(OC)cc(N(C=C2C=C(C(N)=O)C=CN2)c2ccc3ncc(-c4cnn(C)c4)nc3c2)c1. The molecule has 0 aliphatic carbocycles. The minimum atomic E-state index is -0.512. The number of carbonyl (C=O) groups excluding carboxylic acids is 1. The van der Waals surface area contributed by atoms with Gasteiger partial charge in [-0.2, -0.15) is 5.10 Å². The monoisotopic (exact) mass is 495 g/mol. The molecule has 0 saturated heterocycles. The number of nitrogens with zero attached hydrogens (tertiary/aromatic N) is 5. The minimum absolute atomic E-state index is 0.388. The zero-order valence-corrected chi connectivity index (χ0v) is 20.5. The van der Waals surface area contributed by atoms with Gasteiger partial charge in [0.1, 0.15) is 11.5 Å². The van der Waals surface area contributed by atoms with Crippen LogP contribution in [0.25, 0.3) is 22.3 Å². The van der Waals surface area contributed by atoms with E-state index in [2.05, 4.69) is 15.4 Å². The van der Waals surface area contributed by atoms with Gasteiger partial charge < -0.3 is 25.4 Å². The molecule has 2 aromatic carbocycles. The molecule has 37 heavy (non-hydrogen) atoms. The topological polar surface area (TPSA) is 120 Å². The van der Waals surface area contributed by atoms with Crippen molar-refractivity contribution in [1.29, 1.82) is 0 Å². The lowest BCUT2D eigenvalue weighted by Crippen LogP contribution is -2.20. The molecule has 3 N–H and O–H groups in total. The first-order chi connectivity index (χ1) is 17.9. The molecule has 0 saturated carbocycles. The molecule has 10 heteroatoms. The van der Waals surface area contributed by atoms with Crippen LogP contribution in [-0.2, 0) is 11.8 Å². The molecule has 0 spiro atoms. The summed E-state index contributed by atoms with van der Waals surface area (Å²) in [5.74, 6) is 0.742. The molecular formula is C27H25N7O3. The molecular weight excluding hydrogens is 470 g/mol. The second-order valence-electron chi connectivity index (χ2n) is 8.30. The Morgan fingerprint density at radius 1 is 1.05 bits per heavy atom. The largest absolute Gasteiger partial charge is 0.497 e. The highest BCUT2D eigenvalue weighted by Crippen LogP contribution is 2.35. The average molecular weight is 496 g/mol. The number of dihydropyridines is 1. The van der Waals surface area contributed by atoms with Crippen LogP contribution in [0.5, 0.6) is 11.5 Å². The maximum atomic E-state index is 11.8. The summed E-state index contributed by atoms with van der Waals surface area (Å²) in [5.41, 5.74) is 11.2. The van der Waals surface area contributed by atoms with Gasteiger partial charge in [-0.1, -0.05) is 0 Å². The number of nitrogens with one attached hydrogen (secondary N) is 1. The van der Waals surface area contributed by atoms with Crippen LogP contribution in [0.2, 0.25) is 0 Å². The summed E-state index contributed by atoms with van der Waals surface area (Å²) in [6, 6.07) is 11.4. The molecule has 3 heterocycles. The van der Waals surface area contributed by atoms with E-state index >= 15 is 0 Å². The lowest BCUT2D eigenvalue weighted by molar-refractivity contribution is -0.114. The molecule has 186 valence electrons. The lowest BCUT2D eigenvalue weighted by atomic mass is 10.1. The standard InChI is InChI=1S/C27H25N7O3/c1-33-15-18(13-31-33)26-14-30-24-5-4-20(11-25(24)32-26)34(16-19-8-17(27(28)35)6-7-29-19)21-9-22(36-2)12-23(10-21)37-3/h4-16,29H,1-3H3,(H2,28,35). The first-order valence-corrected chi connectivity index (χ1v) is 11.4. The third-order valence-corrected chi connectivity index (χ3v) is 5.80. The van der Waals surface area contributed by atoms with Gasteiger partial charge in [-0.05, 0) is 30.4 Å². The Balaban J connectivity index is 1.65. The number of hydrogen-bond donors (Lipinski definition) is 2. The number of hydrogen-bond acceptors (Lipinski definition) is 8. The van der Waals surface area contributed by atoms with Crippen LogP contribution in [0.3, 0.4) is 0 Å². The third kappa shape index (κ3) is 4.98. The molecule has 10 nitrogen and oxygen atoms in total. The number of anilines is 2. The summed E-state index contributed by atoms with van der Waals surface area (Å²) < 4.78 is 12.7. The summed E-state index contributed by atoms with van der Waals surface area (Å²) in [5, 5.41) is 7.39. The van der Waals surface area contributed by atoms with Crippen LogP contribution in [0.15, 0.2) is 90.8 Å². The molecule has 0 bridgehead atoms. The van der Waals surface area contributed by atoms with Crippen LogP contribution in [0.1, 0.15) is 0 Å². The third-order valence-electron chi connectivity index (χ3n) is 5.80. The van der Waals surface area contributed by atoms with Gasteiger partial charge in [-0.25, -0.2) is 4.98 Å². The molecule has 0 unspecified atom stereocenters. The molecule has 0 fully saturated rings. The number of nitrogens with two attached hydrogens (primary N) is 1. The van der Waals surface area contributed by atoms with E-state index in [0.717, 1.165) is 28.1 Å². The van der Waals surface area contributed by atoms with E-state index < -0.39 is 5.91 Å². The van der Waals surface area contributed by atoms with E-state index in [9.17, 15) is 4.79 Å². The number of aromatic nitrogens is 4. The average Bonchev–Trinajstić information content (AvgIpc) is 3.37. The maximum Gasteiger partial charge on any atom is 0.248 e. The number of allylic oxidation sites excluding steroid dienone is 1. The van der Waals surface area contributed by atoms with Crippen molar-refractivity contribution < 1.29 is 14.3 Å². The first-order valence-electron chi connectivity index (χ1n) is 11.4. The predicted octanol–water partition coefficient (Wildman–Crippen LogP) is 3.56. The Kier molecular flexibility index (Phi) is 6.29. The highest BCUT2D eigenvalue weighted by molar-refractivity contribution is 5.95. The fourth-order valence-corrected chi connectivity index (χ4v) is 3.92. The van der Waals surface area contributed by atoms with Gasteiger partial charge in [0, 0.05) is 60.7 Å². The Hall–Kier alpha value is -5.12. The summed E-state index contributed by atoms with van der Waals surface area (Å²) in [4.78, 5) is 23.1. The number of aryl methyl sites for hydroxylation is 1. The van der Waals surface area contributed by atoms with Gasteiger partial charge >= 0.3 is 0 Å². The van der Waals surface area contributed by atoms with Crippen LogP contribution in [-0.4, -0.2) is 39.9 Å². The Morgan fingerprint density at radius 3 is 2.51 bits per heavy atom. The molecule has 4 aromatic rings. The fraction of sp³-hybridized carbons (Fsp3) is 0.111. The second kappa shape index (κ2) is 9.86. The van der Waals surface area contributed by atoms with Gasteiger partial charge in [-0.3, -0.25) is 14.5 Å². The van der Waals surface area contributed by atoms with Gasteiger partial charge in [-0.15, -0.1) is 0 Å². The van der Waals surface area contributed by atoms with Crippen molar-refractivity contribution in [3.8, 4) is 22.8 Å².